The minimum absolute atomic E-state index is 0.126. The Morgan fingerprint density at radius 2 is 1.68 bits per heavy atom. The lowest BCUT2D eigenvalue weighted by atomic mass is 10.1. The van der Waals surface area contributed by atoms with Crippen molar-refractivity contribution < 1.29 is 9.53 Å². The summed E-state index contributed by atoms with van der Waals surface area (Å²) in [5, 5.41) is 3.27. The van der Waals surface area contributed by atoms with Crippen molar-refractivity contribution in [3.63, 3.8) is 0 Å². The Balaban J connectivity index is 1.60. The van der Waals surface area contributed by atoms with Crippen LogP contribution >= 0.6 is 0 Å². The fraction of sp³-hybridized carbons (Fsp3) is 0.292. The second-order valence-corrected chi connectivity index (χ2v) is 7.15. The van der Waals surface area contributed by atoms with Gasteiger partial charge < -0.3 is 14.6 Å². The second kappa shape index (κ2) is 8.89. The Morgan fingerprint density at radius 3 is 2.32 bits per heavy atom. The number of Topliss-reactive ketones (excluding diaryl/α,β-unsaturated/α-hetero) is 1. The molecule has 1 aromatic heterocycles. The van der Waals surface area contributed by atoms with Crippen molar-refractivity contribution in [1.82, 2.24) is 9.88 Å². The average Bonchev–Trinajstić information content (AvgIpc) is 3.00. The smallest absolute Gasteiger partial charge is 0.178 e. The van der Waals surface area contributed by atoms with Crippen molar-refractivity contribution in [3.05, 3.63) is 82.7 Å². The first kappa shape index (κ1) is 19.9. The number of carbonyl (C=O) groups excluding carboxylic acids is 1. The lowest BCUT2D eigenvalue weighted by Crippen LogP contribution is -2.25. The van der Waals surface area contributed by atoms with Gasteiger partial charge in [0.05, 0.1) is 13.7 Å². The Morgan fingerprint density at radius 1 is 1.00 bits per heavy atom. The zero-order valence-corrected chi connectivity index (χ0v) is 17.1. The van der Waals surface area contributed by atoms with Gasteiger partial charge in [-0.15, -0.1) is 0 Å². The number of ketones is 1. The van der Waals surface area contributed by atoms with Gasteiger partial charge in [0, 0.05) is 22.6 Å². The normalized spacial score (nSPS) is 10.9. The highest BCUT2D eigenvalue weighted by atomic mass is 16.5. The van der Waals surface area contributed by atoms with E-state index in [1.54, 1.807) is 7.11 Å². The van der Waals surface area contributed by atoms with Gasteiger partial charge in [-0.3, -0.25) is 4.79 Å². The number of aryl methyl sites for hydroxylation is 2. The highest BCUT2D eigenvalue weighted by Gasteiger charge is 2.16. The largest absolute Gasteiger partial charge is 0.497 e. The lowest BCUT2D eigenvalue weighted by Gasteiger charge is -2.10. The molecule has 0 aliphatic carbocycles. The molecule has 0 saturated heterocycles. The zero-order chi connectivity index (χ0) is 20.1. The third kappa shape index (κ3) is 4.52. The lowest BCUT2D eigenvalue weighted by molar-refractivity contribution is 0.0991. The number of hydrogen-bond donors (Lipinski definition) is 1. The van der Waals surface area contributed by atoms with Crippen molar-refractivity contribution in [1.29, 1.82) is 0 Å². The van der Waals surface area contributed by atoms with Crippen LogP contribution in [-0.2, 0) is 6.42 Å². The molecular formula is C24H28N2O2. The van der Waals surface area contributed by atoms with Crippen LogP contribution in [0.25, 0.3) is 5.69 Å². The Kier molecular flexibility index (Phi) is 6.32. The standard InChI is InChI=1S/C24H28N2O2/c1-17-5-9-21(10-6-17)26-18(2)15-23(19(26)3)24(27)16-25-14-13-20-7-11-22(28-4)12-8-20/h5-12,15,25H,13-14,16H2,1-4H3. The zero-order valence-electron chi connectivity index (χ0n) is 17.1. The maximum atomic E-state index is 12.7. The van der Waals surface area contributed by atoms with E-state index < -0.39 is 0 Å². The van der Waals surface area contributed by atoms with Crippen molar-refractivity contribution in [2.45, 2.75) is 27.2 Å². The number of ether oxygens (including phenoxy) is 1. The molecule has 0 aliphatic rings. The number of nitrogens with one attached hydrogen (secondary N) is 1. The Labute approximate surface area is 167 Å². The third-order valence-electron chi connectivity index (χ3n) is 5.06. The van der Waals surface area contributed by atoms with E-state index in [1.807, 2.05) is 32.0 Å². The molecule has 0 fully saturated rings. The molecule has 3 aromatic rings. The van der Waals surface area contributed by atoms with Crippen LogP contribution in [-0.4, -0.2) is 30.5 Å². The van der Waals surface area contributed by atoms with Crippen LogP contribution in [0.5, 0.6) is 5.75 Å². The van der Waals surface area contributed by atoms with E-state index in [0.717, 1.165) is 41.4 Å². The molecular weight excluding hydrogens is 348 g/mol. The minimum Gasteiger partial charge on any atom is -0.497 e. The molecule has 0 unspecified atom stereocenters. The number of rotatable bonds is 8. The van der Waals surface area contributed by atoms with E-state index in [9.17, 15) is 4.79 Å². The predicted octanol–water partition coefficient (Wildman–Crippen LogP) is 4.43. The summed E-state index contributed by atoms with van der Waals surface area (Å²) in [7, 11) is 1.66. The maximum absolute atomic E-state index is 12.7. The maximum Gasteiger partial charge on any atom is 0.178 e. The van der Waals surface area contributed by atoms with Crippen LogP contribution in [0.4, 0.5) is 0 Å². The number of carbonyl (C=O) groups is 1. The Hall–Kier alpha value is -2.85. The van der Waals surface area contributed by atoms with Gasteiger partial charge in [-0.2, -0.15) is 0 Å². The van der Waals surface area contributed by atoms with E-state index >= 15 is 0 Å². The first-order valence-electron chi connectivity index (χ1n) is 9.62. The van der Waals surface area contributed by atoms with Crippen LogP contribution in [0.15, 0.2) is 54.6 Å². The second-order valence-electron chi connectivity index (χ2n) is 7.15. The topological polar surface area (TPSA) is 43.3 Å². The first-order chi connectivity index (χ1) is 13.5. The van der Waals surface area contributed by atoms with Gasteiger partial charge in [-0.1, -0.05) is 29.8 Å². The number of aromatic nitrogens is 1. The molecule has 2 aromatic carbocycles. The summed E-state index contributed by atoms with van der Waals surface area (Å²) in [6.45, 7) is 7.23. The summed E-state index contributed by atoms with van der Waals surface area (Å²) >= 11 is 0. The third-order valence-corrected chi connectivity index (χ3v) is 5.06. The molecule has 0 amide bonds. The molecule has 3 rings (SSSR count). The molecule has 0 atom stereocenters. The van der Waals surface area contributed by atoms with E-state index in [-0.39, 0.29) is 5.78 Å². The summed E-state index contributed by atoms with van der Waals surface area (Å²) in [4.78, 5) is 12.7. The molecule has 0 radical (unpaired) electrons. The molecule has 0 aliphatic heterocycles. The molecule has 28 heavy (non-hydrogen) atoms. The molecule has 1 N–H and O–H groups in total. The molecule has 0 spiro atoms. The van der Waals surface area contributed by atoms with Crippen LogP contribution < -0.4 is 10.1 Å². The number of nitrogens with zero attached hydrogens (tertiary/aromatic N) is 1. The van der Waals surface area contributed by atoms with Crippen LogP contribution in [0.2, 0.25) is 0 Å². The number of benzene rings is 2. The van der Waals surface area contributed by atoms with Gasteiger partial charge in [-0.05, 0) is 69.6 Å². The molecule has 0 saturated carbocycles. The van der Waals surface area contributed by atoms with E-state index in [4.69, 9.17) is 4.74 Å². The average molecular weight is 377 g/mol. The monoisotopic (exact) mass is 376 g/mol. The van der Waals surface area contributed by atoms with Crippen LogP contribution in [0.3, 0.4) is 0 Å². The van der Waals surface area contributed by atoms with Gasteiger partial charge in [0.1, 0.15) is 5.75 Å². The predicted molar refractivity (Wildman–Crippen MR) is 114 cm³/mol. The quantitative estimate of drug-likeness (QED) is 0.467. The molecule has 0 bridgehead atoms. The van der Waals surface area contributed by atoms with Gasteiger partial charge in [-0.25, -0.2) is 0 Å². The van der Waals surface area contributed by atoms with Crippen molar-refractivity contribution in [3.8, 4) is 11.4 Å². The van der Waals surface area contributed by atoms with Gasteiger partial charge >= 0.3 is 0 Å². The molecule has 4 nitrogen and oxygen atoms in total. The summed E-state index contributed by atoms with van der Waals surface area (Å²) in [5.41, 5.74) is 6.38. The van der Waals surface area contributed by atoms with Gasteiger partial charge in [0.15, 0.2) is 5.78 Å². The molecule has 146 valence electrons. The number of hydrogen-bond acceptors (Lipinski definition) is 3. The van der Waals surface area contributed by atoms with E-state index in [1.165, 1.54) is 11.1 Å². The van der Waals surface area contributed by atoms with Gasteiger partial charge in [0.2, 0.25) is 0 Å². The summed E-state index contributed by atoms with van der Waals surface area (Å²) in [6.07, 6.45) is 0.875. The van der Waals surface area contributed by atoms with Gasteiger partial charge in [0.25, 0.3) is 0 Å². The first-order valence-corrected chi connectivity index (χ1v) is 9.62. The minimum atomic E-state index is 0.126. The van der Waals surface area contributed by atoms with Crippen molar-refractivity contribution in [2.75, 3.05) is 20.2 Å². The summed E-state index contributed by atoms with van der Waals surface area (Å²) in [6, 6.07) is 18.4. The number of methoxy groups -OCH3 is 1. The van der Waals surface area contributed by atoms with Crippen LogP contribution in [0, 0.1) is 20.8 Å². The highest BCUT2D eigenvalue weighted by Crippen LogP contribution is 2.21. The van der Waals surface area contributed by atoms with Crippen molar-refractivity contribution >= 4 is 5.78 Å². The Bertz CT molecular complexity index is 938. The summed E-state index contributed by atoms with van der Waals surface area (Å²) in [5.74, 6) is 0.983. The SMILES string of the molecule is COc1ccc(CCNCC(=O)c2cc(C)n(-c3ccc(C)cc3)c2C)cc1. The fourth-order valence-electron chi connectivity index (χ4n) is 3.46. The fourth-order valence-corrected chi connectivity index (χ4v) is 3.46. The highest BCUT2D eigenvalue weighted by molar-refractivity contribution is 5.99. The molecule has 4 heteroatoms. The summed E-state index contributed by atoms with van der Waals surface area (Å²) < 4.78 is 7.32. The van der Waals surface area contributed by atoms with E-state index in [0.29, 0.717) is 6.54 Å². The van der Waals surface area contributed by atoms with Crippen molar-refractivity contribution in [2.24, 2.45) is 0 Å². The van der Waals surface area contributed by atoms with Crippen LogP contribution in [0.1, 0.15) is 32.9 Å². The molecule has 1 heterocycles. The van der Waals surface area contributed by atoms with E-state index in [2.05, 4.69) is 53.2 Å².